The van der Waals surface area contributed by atoms with Crippen molar-refractivity contribution in [2.75, 3.05) is 6.54 Å². The predicted octanol–water partition coefficient (Wildman–Crippen LogP) is 5.12. The molecule has 2 amide bonds. The minimum atomic E-state index is -0.405. The molecule has 0 aliphatic rings. The predicted molar refractivity (Wildman–Crippen MR) is 113 cm³/mol. The van der Waals surface area contributed by atoms with Crippen LogP contribution in [0.3, 0.4) is 0 Å². The number of hydrogen-bond donors (Lipinski definition) is 1. The Morgan fingerprint density at radius 2 is 1.81 bits per heavy atom. The van der Waals surface area contributed by atoms with E-state index in [-0.39, 0.29) is 6.54 Å². The van der Waals surface area contributed by atoms with Crippen LogP contribution in [0.2, 0.25) is 0 Å². The molecule has 1 N–H and O–H groups in total. The largest absolute Gasteiger partial charge is 0.343 e. The van der Waals surface area contributed by atoms with Gasteiger partial charge in [0, 0.05) is 5.70 Å². The van der Waals surface area contributed by atoms with E-state index < -0.39 is 6.03 Å². The molecule has 0 aromatic rings. The summed E-state index contributed by atoms with van der Waals surface area (Å²) in [5, 5.41) is 8.26. The normalized spacial score (nSPS) is 11.4. The molecule has 0 heterocycles. The van der Waals surface area contributed by atoms with Gasteiger partial charge in [-0.1, -0.05) is 60.6 Å². The van der Waals surface area contributed by atoms with Gasteiger partial charge in [-0.2, -0.15) is 5.10 Å². The quantitative estimate of drug-likeness (QED) is 0.280. The van der Waals surface area contributed by atoms with Gasteiger partial charge in [-0.05, 0) is 45.8 Å². The Morgan fingerprint density at radius 1 is 1.15 bits per heavy atom. The SMILES string of the molecule is C#CCN(/N=C/C(C=C)=C/C=C(C)C)C(=O)NC(=C(C)C)/C(C)=C\C=C. The van der Waals surface area contributed by atoms with Gasteiger partial charge >= 0.3 is 6.03 Å². The Kier molecular flexibility index (Phi) is 10.9. The van der Waals surface area contributed by atoms with Crippen LogP contribution in [0.1, 0.15) is 34.6 Å². The van der Waals surface area contributed by atoms with E-state index in [0.717, 1.165) is 28.0 Å². The summed E-state index contributed by atoms with van der Waals surface area (Å²) in [5.74, 6) is 2.44. The average molecular weight is 351 g/mol. The topological polar surface area (TPSA) is 44.7 Å². The summed E-state index contributed by atoms with van der Waals surface area (Å²) in [6.45, 7) is 17.2. The van der Waals surface area contributed by atoms with Crippen molar-refractivity contribution in [1.29, 1.82) is 0 Å². The van der Waals surface area contributed by atoms with Crippen molar-refractivity contribution in [1.82, 2.24) is 10.3 Å². The average Bonchev–Trinajstić information content (AvgIpc) is 2.58. The fourth-order valence-electron chi connectivity index (χ4n) is 1.86. The van der Waals surface area contributed by atoms with E-state index >= 15 is 0 Å². The lowest BCUT2D eigenvalue weighted by atomic mass is 10.1. The second-order valence-corrected chi connectivity index (χ2v) is 6.01. The van der Waals surface area contributed by atoms with Gasteiger partial charge in [-0.25, -0.2) is 9.80 Å². The zero-order valence-electron chi connectivity index (χ0n) is 16.5. The molecule has 0 atom stereocenters. The third-order valence-electron chi connectivity index (χ3n) is 3.16. The second-order valence-electron chi connectivity index (χ2n) is 6.01. The molecule has 4 nitrogen and oxygen atoms in total. The molecule has 0 aliphatic carbocycles. The van der Waals surface area contributed by atoms with E-state index in [9.17, 15) is 4.79 Å². The van der Waals surface area contributed by atoms with Crippen LogP contribution in [0.4, 0.5) is 4.79 Å². The molecule has 0 spiro atoms. The van der Waals surface area contributed by atoms with Crippen LogP contribution in [0.5, 0.6) is 0 Å². The molecule has 0 saturated heterocycles. The Balaban J connectivity index is 5.52. The molecule has 0 bridgehead atoms. The van der Waals surface area contributed by atoms with Gasteiger partial charge in [0.25, 0.3) is 0 Å². The van der Waals surface area contributed by atoms with Crippen molar-refractivity contribution < 1.29 is 4.79 Å². The Morgan fingerprint density at radius 3 is 2.27 bits per heavy atom. The lowest BCUT2D eigenvalue weighted by molar-refractivity contribution is 0.209. The van der Waals surface area contributed by atoms with Crippen LogP contribution < -0.4 is 5.32 Å². The van der Waals surface area contributed by atoms with E-state index in [1.54, 1.807) is 18.4 Å². The number of carbonyl (C=O) groups excluding carboxylic acids is 1. The highest BCUT2D eigenvalue weighted by Crippen LogP contribution is 2.12. The van der Waals surface area contributed by atoms with Crippen molar-refractivity contribution >= 4 is 12.2 Å². The first-order valence-electron chi connectivity index (χ1n) is 8.27. The van der Waals surface area contributed by atoms with Gasteiger partial charge in [0.1, 0.15) is 6.54 Å². The summed E-state index contributed by atoms with van der Waals surface area (Å²) in [5.41, 5.74) is 4.50. The van der Waals surface area contributed by atoms with E-state index in [1.165, 1.54) is 5.01 Å². The molecule has 0 fully saturated rings. The first-order valence-corrected chi connectivity index (χ1v) is 8.27. The Bertz CT molecular complexity index is 717. The summed E-state index contributed by atoms with van der Waals surface area (Å²) in [4.78, 5) is 12.6. The fraction of sp³-hybridized carbons (Fsp3) is 0.273. The summed E-state index contributed by atoms with van der Waals surface area (Å²) >= 11 is 0. The third kappa shape index (κ3) is 8.70. The minimum absolute atomic E-state index is 0.0513. The number of rotatable bonds is 8. The number of amides is 2. The number of nitrogens with zero attached hydrogens (tertiary/aromatic N) is 2. The van der Waals surface area contributed by atoms with Crippen molar-refractivity contribution in [3.8, 4) is 12.3 Å². The van der Waals surface area contributed by atoms with Gasteiger partial charge in [0.15, 0.2) is 0 Å². The maximum absolute atomic E-state index is 12.6. The summed E-state index contributed by atoms with van der Waals surface area (Å²) < 4.78 is 0. The number of carbonyl (C=O) groups is 1. The monoisotopic (exact) mass is 351 g/mol. The van der Waals surface area contributed by atoms with Crippen LogP contribution in [-0.4, -0.2) is 23.8 Å². The number of allylic oxidation sites excluding steroid dienone is 9. The van der Waals surface area contributed by atoms with Crippen LogP contribution in [-0.2, 0) is 0 Å². The molecule has 4 heteroatoms. The van der Waals surface area contributed by atoms with Gasteiger partial charge in [0.05, 0.1) is 6.21 Å². The Hall–Kier alpha value is -3.06. The lowest BCUT2D eigenvalue weighted by Crippen LogP contribution is -2.37. The van der Waals surface area contributed by atoms with Crippen LogP contribution in [0, 0.1) is 12.3 Å². The maximum Gasteiger partial charge on any atom is 0.343 e. The number of nitrogens with one attached hydrogen (secondary N) is 1. The van der Waals surface area contributed by atoms with Crippen LogP contribution in [0.25, 0.3) is 0 Å². The number of urea groups is 1. The number of terminal acetylenes is 1. The van der Waals surface area contributed by atoms with Crippen molar-refractivity contribution in [2.45, 2.75) is 34.6 Å². The number of hydrazone groups is 1. The van der Waals surface area contributed by atoms with E-state index in [0.29, 0.717) is 0 Å². The number of hydrogen-bond acceptors (Lipinski definition) is 2. The lowest BCUT2D eigenvalue weighted by Gasteiger charge is -2.18. The van der Waals surface area contributed by atoms with Gasteiger partial charge in [0.2, 0.25) is 0 Å². The van der Waals surface area contributed by atoms with E-state index in [4.69, 9.17) is 6.42 Å². The molecule has 0 saturated carbocycles. The molecule has 0 rings (SSSR count). The van der Waals surface area contributed by atoms with Gasteiger partial charge in [-0.3, -0.25) is 0 Å². The minimum Gasteiger partial charge on any atom is -0.306 e. The molecule has 138 valence electrons. The van der Waals surface area contributed by atoms with E-state index in [1.807, 2.05) is 52.8 Å². The first-order chi connectivity index (χ1) is 12.3. The molecule has 0 unspecified atom stereocenters. The molecule has 0 aromatic carbocycles. The zero-order valence-corrected chi connectivity index (χ0v) is 16.5. The highest BCUT2D eigenvalue weighted by atomic mass is 16.2. The highest BCUT2D eigenvalue weighted by Gasteiger charge is 2.14. The Labute approximate surface area is 158 Å². The molecule has 0 aliphatic heterocycles. The zero-order chi connectivity index (χ0) is 20.1. The standard InChI is InChI=1S/C22H29N3O/c1-9-12-19(8)21(18(6)7)24-22(26)25(15-10-2)23-16-20(11-3)14-13-17(4)5/h2,9,11-14,16H,1,3,15H2,4-8H3,(H,24,26)/b19-12-,20-14+,23-16+. The van der Waals surface area contributed by atoms with Gasteiger partial charge in [-0.15, -0.1) is 6.42 Å². The highest BCUT2D eigenvalue weighted by molar-refractivity contribution is 5.84. The molecular weight excluding hydrogens is 322 g/mol. The van der Waals surface area contributed by atoms with Crippen molar-refractivity contribution in [3.05, 3.63) is 71.5 Å². The van der Waals surface area contributed by atoms with Crippen LogP contribution in [0.15, 0.2) is 76.6 Å². The molecular formula is C22H29N3O. The third-order valence-corrected chi connectivity index (χ3v) is 3.16. The van der Waals surface area contributed by atoms with E-state index in [2.05, 4.69) is 29.5 Å². The first kappa shape index (κ1) is 22.9. The summed E-state index contributed by atoms with van der Waals surface area (Å²) in [7, 11) is 0. The summed E-state index contributed by atoms with van der Waals surface area (Å²) in [6, 6.07) is -0.405. The smallest absolute Gasteiger partial charge is 0.306 e. The van der Waals surface area contributed by atoms with Gasteiger partial charge < -0.3 is 5.32 Å². The molecule has 0 aromatic heterocycles. The summed E-state index contributed by atoms with van der Waals surface area (Å²) in [6.07, 6.45) is 15.9. The van der Waals surface area contributed by atoms with Crippen molar-refractivity contribution in [2.24, 2.45) is 5.10 Å². The molecule has 0 radical (unpaired) electrons. The van der Waals surface area contributed by atoms with Crippen LogP contribution >= 0.6 is 0 Å². The second kappa shape index (κ2) is 12.3. The van der Waals surface area contributed by atoms with Crippen molar-refractivity contribution in [3.63, 3.8) is 0 Å². The fourth-order valence-corrected chi connectivity index (χ4v) is 1.86. The molecule has 26 heavy (non-hydrogen) atoms. The maximum atomic E-state index is 12.6.